The molecule has 1 N–H and O–H groups in total. The van der Waals surface area contributed by atoms with E-state index in [9.17, 15) is 0 Å². The van der Waals surface area contributed by atoms with E-state index in [0.29, 0.717) is 17.8 Å². The molecule has 2 nitrogen and oxygen atoms in total. The molecule has 144 valence electrons. The monoisotopic (exact) mass is 362 g/mol. The Balaban J connectivity index is 1.54. The topological polar surface area (TPSA) is 15.3 Å². The molecule has 0 saturated carbocycles. The Bertz CT molecular complexity index is 798. The maximum atomic E-state index is 3.18. The van der Waals surface area contributed by atoms with Crippen LogP contribution in [0.1, 0.15) is 50.7 Å². The molecule has 0 amide bonds. The Labute approximate surface area is 165 Å². The van der Waals surface area contributed by atoms with Gasteiger partial charge in [0.1, 0.15) is 0 Å². The number of benzene rings is 1. The van der Waals surface area contributed by atoms with Gasteiger partial charge in [-0.15, -0.1) is 0 Å². The third-order valence-corrected chi connectivity index (χ3v) is 7.33. The van der Waals surface area contributed by atoms with Gasteiger partial charge in [0.15, 0.2) is 0 Å². The number of hydrogen-bond donors (Lipinski definition) is 1. The number of fused-ring (bicyclic) bond motifs is 3. The molecule has 0 aromatic heterocycles. The molecular weight excluding hydrogens is 328 g/mol. The molecule has 4 rings (SSSR count). The van der Waals surface area contributed by atoms with Gasteiger partial charge in [0, 0.05) is 19.5 Å². The van der Waals surface area contributed by atoms with Gasteiger partial charge in [-0.05, 0) is 59.8 Å². The van der Waals surface area contributed by atoms with E-state index in [0.717, 1.165) is 18.9 Å². The van der Waals surface area contributed by atoms with Gasteiger partial charge in [0.2, 0.25) is 0 Å². The summed E-state index contributed by atoms with van der Waals surface area (Å²) in [5.41, 5.74) is 9.72. The largest absolute Gasteiger partial charge is 0.258 e. The number of likely N-dealkylation sites (N-methyl/N-ethyl adjacent to an activating group) is 1. The van der Waals surface area contributed by atoms with Crippen LogP contribution in [0.2, 0.25) is 0 Å². The predicted octanol–water partition coefficient (Wildman–Crippen LogP) is 5.21. The van der Waals surface area contributed by atoms with Crippen molar-refractivity contribution in [2.45, 2.75) is 44.9 Å². The average Bonchev–Trinajstić information content (AvgIpc) is 2.90. The summed E-state index contributed by atoms with van der Waals surface area (Å²) in [5.74, 6) is 2.61. The molecule has 0 bridgehead atoms. The lowest BCUT2D eigenvalue weighted by molar-refractivity contribution is 0.250. The zero-order valence-corrected chi connectivity index (χ0v) is 17.5. The van der Waals surface area contributed by atoms with Crippen molar-refractivity contribution in [1.82, 2.24) is 10.4 Å². The summed E-state index contributed by atoms with van der Waals surface area (Å²) < 4.78 is 0. The van der Waals surface area contributed by atoms with Crippen molar-refractivity contribution >= 4 is 0 Å². The third-order valence-electron chi connectivity index (χ3n) is 7.33. The second kappa shape index (κ2) is 7.07. The quantitative estimate of drug-likeness (QED) is 0.584. The first-order valence-electron chi connectivity index (χ1n) is 10.5. The Hall–Kier alpha value is -1.64. The van der Waals surface area contributed by atoms with E-state index in [4.69, 9.17) is 0 Å². The summed E-state index contributed by atoms with van der Waals surface area (Å²) in [5, 5.41) is 2.13. The van der Waals surface area contributed by atoms with Crippen LogP contribution in [0.4, 0.5) is 0 Å². The number of rotatable bonds is 4. The zero-order valence-electron chi connectivity index (χ0n) is 17.5. The summed E-state index contributed by atoms with van der Waals surface area (Å²) in [6.07, 6.45) is 12.2. The molecule has 0 aliphatic heterocycles. The van der Waals surface area contributed by atoms with E-state index < -0.39 is 0 Å². The van der Waals surface area contributed by atoms with Crippen LogP contribution in [0.3, 0.4) is 0 Å². The molecule has 0 radical (unpaired) electrons. The molecule has 4 atom stereocenters. The first-order valence-corrected chi connectivity index (χ1v) is 10.5. The van der Waals surface area contributed by atoms with E-state index in [2.05, 4.69) is 86.8 Å². The van der Waals surface area contributed by atoms with Crippen LogP contribution >= 0.6 is 0 Å². The van der Waals surface area contributed by atoms with Crippen molar-refractivity contribution in [3.8, 4) is 0 Å². The highest BCUT2D eigenvalue weighted by Gasteiger charge is 2.49. The maximum Gasteiger partial charge on any atom is 0.0375 e. The Morgan fingerprint density at radius 3 is 2.70 bits per heavy atom. The molecular formula is C25H34N2. The van der Waals surface area contributed by atoms with Gasteiger partial charge >= 0.3 is 0 Å². The second-order valence-electron chi connectivity index (χ2n) is 9.31. The molecule has 27 heavy (non-hydrogen) atoms. The van der Waals surface area contributed by atoms with Crippen LogP contribution in [0.15, 0.2) is 59.7 Å². The summed E-state index contributed by atoms with van der Waals surface area (Å²) >= 11 is 0. The molecule has 1 aromatic carbocycles. The summed E-state index contributed by atoms with van der Waals surface area (Å²) in [7, 11) is 4.06. The summed E-state index contributed by atoms with van der Waals surface area (Å²) in [4.78, 5) is 0. The minimum absolute atomic E-state index is 0.268. The van der Waals surface area contributed by atoms with Crippen LogP contribution in [0.5, 0.6) is 0 Å². The number of hydrogen-bond acceptors (Lipinski definition) is 2. The molecule has 0 saturated heterocycles. The second-order valence-corrected chi connectivity index (χ2v) is 9.31. The lowest BCUT2D eigenvalue weighted by Gasteiger charge is -2.39. The van der Waals surface area contributed by atoms with Crippen molar-refractivity contribution in [3.63, 3.8) is 0 Å². The van der Waals surface area contributed by atoms with Gasteiger partial charge < -0.3 is 0 Å². The van der Waals surface area contributed by atoms with Gasteiger partial charge in [0.25, 0.3) is 0 Å². The first-order chi connectivity index (χ1) is 12.9. The van der Waals surface area contributed by atoms with Gasteiger partial charge in [-0.2, -0.15) is 0 Å². The minimum atomic E-state index is 0.268. The predicted molar refractivity (Wildman–Crippen MR) is 115 cm³/mol. The van der Waals surface area contributed by atoms with Gasteiger partial charge in [0.05, 0.1) is 0 Å². The third kappa shape index (κ3) is 3.23. The lowest BCUT2D eigenvalue weighted by atomic mass is 9.64. The molecule has 2 heteroatoms. The average molecular weight is 363 g/mol. The number of hydrazine groups is 1. The summed E-state index contributed by atoms with van der Waals surface area (Å²) in [6.45, 7) is 8.33. The van der Waals surface area contributed by atoms with Crippen LogP contribution in [0, 0.1) is 17.8 Å². The van der Waals surface area contributed by atoms with Crippen LogP contribution in [0.25, 0.3) is 0 Å². The van der Waals surface area contributed by atoms with Gasteiger partial charge in [-0.1, -0.05) is 74.9 Å². The van der Waals surface area contributed by atoms with Crippen molar-refractivity contribution < 1.29 is 0 Å². The van der Waals surface area contributed by atoms with Crippen molar-refractivity contribution in [2.24, 2.45) is 17.8 Å². The maximum absolute atomic E-state index is 3.18. The fourth-order valence-electron chi connectivity index (χ4n) is 5.72. The molecule has 3 aliphatic carbocycles. The lowest BCUT2D eigenvalue weighted by Crippen LogP contribution is -2.33. The molecule has 0 fully saturated rings. The Kier molecular flexibility index (Phi) is 4.90. The Morgan fingerprint density at radius 1 is 1.22 bits per heavy atom. The number of nitrogens with one attached hydrogen (secondary N) is 1. The molecule has 0 heterocycles. The molecule has 3 aliphatic rings. The fourth-order valence-corrected chi connectivity index (χ4v) is 5.72. The molecule has 1 aromatic rings. The van der Waals surface area contributed by atoms with Crippen LogP contribution in [-0.4, -0.2) is 25.6 Å². The summed E-state index contributed by atoms with van der Waals surface area (Å²) in [6, 6.07) is 9.19. The van der Waals surface area contributed by atoms with Gasteiger partial charge in [-0.25, -0.2) is 5.01 Å². The SMILES string of the molecule is CNN(C)CC1=CCC(C2=CC(C)C3c4ccccc4C(C)(C)C3C2)C=C1. The van der Waals surface area contributed by atoms with E-state index in [1.165, 1.54) is 12.0 Å². The van der Waals surface area contributed by atoms with E-state index in [1.807, 2.05) is 7.05 Å². The first kappa shape index (κ1) is 18.7. The van der Waals surface area contributed by atoms with E-state index in [1.54, 1.807) is 16.7 Å². The highest BCUT2D eigenvalue weighted by atomic mass is 15.5. The highest BCUT2D eigenvalue weighted by Crippen LogP contribution is 2.58. The van der Waals surface area contributed by atoms with Crippen molar-refractivity contribution in [3.05, 3.63) is 70.8 Å². The van der Waals surface area contributed by atoms with Crippen molar-refractivity contribution in [2.75, 3.05) is 20.6 Å². The fraction of sp³-hybridized carbons (Fsp3) is 0.520. The van der Waals surface area contributed by atoms with Crippen molar-refractivity contribution in [1.29, 1.82) is 0 Å². The zero-order chi connectivity index (χ0) is 19.2. The highest BCUT2D eigenvalue weighted by molar-refractivity contribution is 5.46. The molecule has 0 spiro atoms. The van der Waals surface area contributed by atoms with E-state index >= 15 is 0 Å². The normalized spacial score (nSPS) is 31.3. The number of allylic oxidation sites excluding steroid dienone is 4. The standard InChI is InChI=1S/C25H34N2/c1-17-14-20(19-12-10-18(11-13-19)16-27(5)26-4)15-23-24(17)21-8-6-7-9-22(21)25(23,2)3/h6-12,14,17,19,23-24,26H,13,15-16H2,1-5H3. The molecule has 4 unspecified atom stereocenters. The van der Waals surface area contributed by atoms with Gasteiger partial charge in [-0.3, -0.25) is 5.43 Å². The Morgan fingerprint density at radius 2 is 2.00 bits per heavy atom. The minimum Gasteiger partial charge on any atom is -0.258 e. The smallest absolute Gasteiger partial charge is 0.0375 e. The number of nitrogens with zero attached hydrogens (tertiary/aromatic N) is 1. The van der Waals surface area contributed by atoms with Crippen LogP contribution in [-0.2, 0) is 5.41 Å². The van der Waals surface area contributed by atoms with E-state index in [-0.39, 0.29) is 5.41 Å². The van der Waals surface area contributed by atoms with Crippen LogP contribution < -0.4 is 5.43 Å².